The maximum atomic E-state index is 13.3. The van der Waals surface area contributed by atoms with E-state index in [1.54, 1.807) is 10.9 Å². The molecule has 84 valence electrons. The summed E-state index contributed by atoms with van der Waals surface area (Å²) in [4.78, 5) is 3.82. The lowest BCUT2D eigenvalue weighted by Gasteiger charge is -2.06. The van der Waals surface area contributed by atoms with Crippen molar-refractivity contribution in [3.63, 3.8) is 0 Å². The van der Waals surface area contributed by atoms with Crippen molar-refractivity contribution in [2.75, 3.05) is 6.61 Å². The van der Waals surface area contributed by atoms with Crippen LogP contribution in [-0.4, -0.2) is 21.4 Å². The molecule has 0 saturated heterocycles. The van der Waals surface area contributed by atoms with E-state index in [4.69, 9.17) is 4.74 Å². The smallest absolute Gasteiger partial charge is 0.250 e. The summed E-state index contributed by atoms with van der Waals surface area (Å²) in [6, 6.07) is 3.13. The summed E-state index contributed by atoms with van der Waals surface area (Å²) in [5.74, 6) is -0.467. The first-order chi connectivity index (χ1) is 7.75. The Hall–Kier alpha value is -1.43. The van der Waals surface area contributed by atoms with Crippen LogP contribution in [0.25, 0.3) is 0 Å². The predicted octanol–water partition coefficient (Wildman–Crippen LogP) is 2.26. The second kappa shape index (κ2) is 5.07. The van der Waals surface area contributed by atoms with Crippen LogP contribution in [0.5, 0.6) is 5.88 Å². The summed E-state index contributed by atoms with van der Waals surface area (Å²) in [6.45, 7) is 0.886. The molecule has 0 radical (unpaired) electrons. The Kier molecular flexibility index (Phi) is 3.51. The van der Waals surface area contributed by atoms with Crippen molar-refractivity contribution in [3.05, 3.63) is 41.0 Å². The Morgan fingerprint density at radius 3 is 3.06 bits per heavy atom. The van der Waals surface area contributed by atoms with E-state index in [2.05, 4.69) is 26.0 Å². The fraction of sp³-hybridized carbons (Fsp3) is 0.200. The van der Waals surface area contributed by atoms with E-state index in [9.17, 15) is 4.39 Å². The highest BCUT2D eigenvalue weighted by atomic mass is 79.9. The molecule has 0 spiro atoms. The minimum atomic E-state index is -0.477. The van der Waals surface area contributed by atoms with E-state index in [1.807, 2.05) is 12.3 Å². The number of pyridine rings is 1. The van der Waals surface area contributed by atoms with Crippen molar-refractivity contribution < 1.29 is 9.13 Å². The van der Waals surface area contributed by atoms with E-state index in [0.29, 0.717) is 17.6 Å². The van der Waals surface area contributed by atoms with Gasteiger partial charge in [0.05, 0.1) is 6.54 Å². The molecule has 0 N–H and O–H groups in total. The van der Waals surface area contributed by atoms with Gasteiger partial charge in [-0.15, -0.1) is 0 Å². The van der Waals surface area contributed by atoms with Crippen LogP contribution in [0.1, 0.15) is 0 Å². The number of nitrogens with zero attached hydrogens (tertiary/aromatic N) is 3. The SMILES string of the molecule is Fc1cc(Br)cnc1OCCn1cccn1. The quantitative estimate of drug-likeness (QED) is 0.865. The summed E-state index contributed by atoms with van der Waals surface area (Å²) in [7, 11) is 0. The molecule has 0 aromatic carbocycles. The van der Waals surface area contributed by atoms with Gasteiger partial charge < -0.3 is 4.74 Å². The molecule has 16 heavy (non-hydrogen) atoms. The number of rotatable bonds is 4. The zero-order chi connectivity index (χ0) is 11.4. The van der Waals surface area contributed by atoms with E-state index < -0.39 is 5.82 Å². The van der Waals surface area contributed by atoms with Crippen LogP contribution in [0.15, 0.2) is 35.2 Å². The minimum absolute atomic E-state index is 0.00959. The second-order valence-corrected chi connectivity index (χ2v) is 3.97. The van der Waals surface area contributed by atoms with Gasteiger partial charge in [-0.3, -0.25) is 4.68 Å². The van der Waals surface area contributed by atoms with Gasteiger partial charge in [0.25, 0.3) is 0 Å². The number of hydrogen-bond donors (Lipinski definition) is 0. The maximum Gasteiger partial charge on any atom is 0.250 e. The molecule has 0 amide bonds. The molecule has 0 saturated carbocycles. The lowest BCUT2D eigenvalue weighted by molar-refractivity contribution is 0.267. The Labute approximate surface area is 100 Å². The van der Waals surface area contributed by atoms with Crippen molar-refractivity contribution in [1.29, 1.82) is 0 Å². The molecular weight excluding hydrogens is 277 g/mol. The highest BCUT2D eigenvalue weighted by Crippen LogP contribution is 2.17. The Balaban J connectivity index is 1.90. The average Bonchev–Trinajstić information content (AvgIpc) is 2.74. The largest absolute Gasteiger partial charge is 0.474 e. The molecule has 0 unspecified atom stereocenters. The predicted molar refractivity (Wildman–Crippen MR) is 59.6 cm³/mol. The second-order valence-electron chi connectivity index (χ2n) is 3.06. The lowest BCUT2D eigenvalue weighted by Crippen LogP contribution is -2.09. The van der Waals surface area contributed by atoms with Gasteiger partial charge in [-0.1, -0.05) is 0 Å². The molecule has 0 fully saturated rings. The van der Waals surface area contributed by atoms with Crippen LogP contribution in [0.2, 0.25) is 0 Å². The molecule has 2 aromatic heterocycles. The molecule has 0 bridgehead atoms. The van der Waals surface area contributed by atoms with Gasteiger partial charge in [-0.25, -0.2) is 9.37 Å². The number of ether oxygens (including phenoxy) is 1. The lowest BCUT2D eigenvalue weighted by atomic mass is 10.5. The average molecular weight is 286 g/mol. The Morgan fingerprint density at radius 2 is 2.38 bits per heavy atom. The molecule has 0 aliphatic rings. The fourth-order valence-corrected chi connectivity index (χ4v) is 1.48. The normalized spacial score (nSPS) is 10.4. The van der Waals surface area contributed by atoms with Crippen LogP contribution >= 0.6 is 15.9 Å². The summed E-state index contributed by atoms with van der Waals surface area (Å²) in [6.07, 6.45) is 4.99. The van der Waals surface area contributed by atoms with E-state index >= 15 is 0 Å². The van der Waals surface area contributed by atoms with Gasteiger partial charge in [-0.2, -0.15) is 5.10 Å². The molecule has 0 aliphatic carbocycles. The third-order valence-corrected chi connectivity index (χ3v) is 2.33. The fourth-order valence-electron chi connectivity index (χ4n) is 1.18. The van der Waals surface area contributed by atoms with Gasteiger partial charge >= 0.3 is 0 Å². The summed E-state index contributed by atoms with van der Waals surface area (Å²) in [5, 5.41) is 4.00. The van der Waals surface area contributed by atoms with E-state index in [0.717, 1.165) is 0 Å². The van der Waals surface area contributed by atoms with Crippen molar-refractivity contribution in [1.82, 2.24) is 14.8 Å². The van der Waals surface area contributed by atoms with E-state index in [1.165, 1.54) is 12.3 Å². The molecule has 2 aromatic rings. The van der Waals surface area contributed by atoms with Crippen LogP contribution in [0.3, 0.4) is 0 Å². The van der Waals surface area contributed by atoms with Gasteiger partial charge in [0, 0.05) is 23.1 Å². The number of halogens is 2. The minimum Gasteiger partial charge on any atom is -0.474 e. The van der Waals surface area contributed by atoms with Gasteiger partial charge in [0.15, 0.2) is 5.82 Å². The monoisotopic (exact) mass is 285 g/mol. The summed E-state index contributed by atoms with van der Waals surface area (Å²) < 4.78 is 20.8. The molecular formula is C10H9BrFN3O. The summed E-state index contributed by atoms with van der Waals surface area (Å²) >= 11 is 3.12. The molecule has 0 aliphatic heterocycles. The Bertz CT molecular complexity index is 461. The van der Waals surface area contributed by atoms with Crippen molar-refractivity contribution in [3.8, 4) is 5.88 Å². The van der Waals surface area contributed by atoms with E-state index in [-0.39, 0.29) is 5.88 Å². The van der Waals surface area contributed by atoms with Gasteiger partial charge in [0.1, 0.15) is 6.61 Å². The molecule has 2 rings (SSSR count). The Morgan fingerprint density at radius 1 is 1.50 bits per heavy atom. The van der Waals surface area contributed by atoms with Crippen LogP contribution in [0.4, 0.5) is 4.39 Å². The first-order valence-electron chi connectivity index (χ1n) is 4.67. The summed E-state index contributed by atoms with van der Waals surface area (Å²) in [5.41, 5.74) is 0. The molecule has 0 atom stereocenters. The highest BCUT2D eigenvalue weighted by Gasteiger charge is 2.05. The number of hydrogen-bond acceptors (Lipinski definition) is 3. The van der Waals surface area contributed by atoms with Crippen molar-refractivity contribution >= 4 is 15.9 Å². The third-order valence-electron chi connectivity index (χ3n) is 1.89. The zero-order valence-corrected chi connectivity index (χ0v) is 9.89. The highest BCUT2D eigenvalue weighted by molar-refractivity contribution is 9.10. The number of aromatic nitrogens is 3. The van der Waals surface area contributed by atoms with Crippen molar-refractivity contribution in [2.45, 2.75) is 6.54 Å². The maximum absolute atomic E-state index is 13.3. The van der Waals surface area contributed by atoms with Crippen LogP contribution in [-0.2, 0) is 6.54 Å². The molecule has 2 heterocycles. The third kappa shape index (κ3) is 2.79. The van der Waals surface area contributed by atoms with Gasteiger partial charge in [-0.05, 0) is 28.1 Å². The van der Waals surface area contributed by atoms with Gasteiger partial charge in [0.2, 0.25) is 5.88 Å². The van der Waals surface area contributed by atoms with Crippen LogP contribution < -0.4 is 4.74 Å². The standard InChI is InChI=1S/C10H9BrFN3O/c11-8-6-9(12)10(13-7-8)16-5-4-15-3-1-2-14-15/h1-3,6-7H,4-5H2. The first kappa shape index (κ1) is 11.1. The molecule has 4 nitrogen and oxygen atoms in total. The zero-order valence-electron chi connectivity index (χ0n) is 8.31. The van der Waals surface area contributed by atoms with Crippen LogP contribution in [0, 0.1) is 5.82 Å². The molecule has 6 heteroatoms. The van der Waals surface area contributed by atoms with Crippen molar-refractivity contribution in [2.24, 2.45) is 0 Å². The topological polar surface area (TPSA) is 39.9 Å². The first-order valence-corrected chi connectivity index (χ1v) is 5.46.